The molecule has 2 aromatic carbocycles. The van der Waals surface area contributed by atoms with Gasteiger partial charge in [0.25, 0.3) is 6.08 Å². The Morgan fingerprint density at radius 1 is 1.12 bits per heavy atom. The normalized spacial score (nSPS) is 12.4. The van der Waals surface area contributed by atoms with Crippen LogP contribution in [0.3, 0.4) is 0 Å². The maximum atomic E-state index is 12.7. The number of sulfonamides is 1. The minimum Gasteiger partial charge on any atom is -0.497 e. The fraction of sp³-hybridized carbons (Fsp3) is 0.222. The average Bonchev–Trinajstić information content (AvgIpc) is 2.60. The molecule has 134 valence electrons. The summed E-state index contributed by atoms with van der Waals surface area (Å²) in [4.78, 5) is -0.00863. The second kappa shape index (κ2) is 8.73. The third-order valence-corrected chi connectivity index (χ3v) is 5.10. The van der Waals surface area contributed by atoms with Gasteiger partial charge in [-0.15, -0.1) is 0 Å². The van der Waals surface area contributed by atoms with Gasteiger partial charge in [-0.2, -0.15) is 8.78 Å². The van der Waals surface area contributed by atoms with Crippen molar-refractivity contribution in [1.82, 2.24) is 4.72 Å². The van der Waals surface area contributed by atoms with Crippen molar-refractivity contribution in [2.24, 2.45) is 0 Å². The molecule has 0 saturated heterocycles. The molecule has 0 fully saturated rings. The van der Waals surface area contributed by atoms with E-state index in [2.05, 4.69) is 4.72 Å². The van der Waals surface area contributed by atoms with Crippen LogP contribution in [-0.4, -0.2) is 21.6 Å². The summed E-state index contributed by atoms with van der Waals surface area (Å²) >= 11 is 0. The van der Waals surface area contributed by atoms with Gasteiger partial charge in [0.2, 0.25) is 10.0 Å². The van der Waals surface area contributed by atoms with Crippen LogP contribution in [0.15, 0.2) is 71.6 Å². The van der Waals surface area contributed by atoms with Crippen LogP contribution >= 0.6 is 0 Å². The van der Waals surface area contributed by atoms with Crippen LogP contribution in [0.25, 0.3) is 0 Å². The Balaban J connectivity index is 2.12. The highest BCUT2D eigenvalue weighted by Crippen LogP contribution is 2.17. The number of methoxy groups -OCH3 is 1. The highest BCUT2D eigenvalue weighted by atomic mass is 32.2. The number of hydrogen-bond donors (Lipinski definition) is 1. The molecule has 1 N–H and O–H groups in total. The number of ether oxygens (including phenoxy) is 1. The minimum absolute atomic E-state index is 0.00863. The Labute approximate surface area is 146 Å². The number of hydrogen-bond acceptors (Lipinski definition) is 3. The minimum atomic E-state index is -3.92. The van der Waals surface area contributed by atoms with Crippen LogP contribution in [0.4, 0.5) is 8.78 Å². The second-order valence-corrected chi connectivity index (χ2v) is 7.10. The zero-order valence-corrected chi connectivity index (χ0v) is 14.5. The lowest BCUT2D eigenvalue weighted by Gasteiger charge is -2.15. The second-order valence-electron chi connectivity index (χ2n) is 5.38. The van der Waals surface area contributed by atoms with Crippen LogP contribution in [0, 0.1) is 0 Å². The summed E-state index contributed by atoms with van der Waals surface area (Å²) in [7, 11) is -2.45. The van der Waals surface area contributed by atoms with Crippen molar-refractivity contribution < 1.29 is 21.9 Å². The SMILES string of the molecule is COc1ccc(S(=O)(=O)N[C@@H](C=C(F)F)CCc2ccccc2)cc1. The molecule has 0 aliphatic heterocycles. The van der Waals surface area contributed by atoms with Gasteiger partial charge in [0, 0.05) is 6.04 Å². The molecular formula is C18H19F2NO3S. The molecule has 0 aliphatic carbocycles. The van der Waals surface area contributed by atoms with Gasteiger partial charge in [0.15, 0.2) is 0 Å². The smallest absolute Gasteiger partial charge is 0.267 e. The highest BCUT2D eigenvalue weighted by Gasteiger charge is 2.19. The molecular weight excluding hydrogens is 348 g/mol. The molecule has 0 aliphatic rings. The predicted octanol–water partition coefficient (Wildman–Crippen LogP) is 3.76. The molecule has 0 saturated carbocycles. The fourth-order valence-electron chi connectivity index (χ4n) is 2.32. The summed E-state index contributed by atoms with van der Waals surface area (Å²) in [6.45, 7) is 0. The van der Waals surface area contributed by atoms with E-state index in [0.29, 0.717) is 18.2 Å². The summed E-state index contributed by atoms with van der Waals surface area (Å²) < 4.78 is 57.5. The van der Waals surface area contributed by atoms with E-state index in [1.807, 2.05) is 30.3 Å². The van der Waals surface area contributed by atoms with Gasteiger partial charge >= 0.3 is 0 Å². The molecule has 0 spiro atoms. The maximum Gasteiger partial charge on any atom is 0.267 e. The van der Waals surface area contributed by atoms with Gasteiger partial charge < -0.3 is 4.74 Å². The predicted molar refractivity (Wildman–Crippen MR) is 92.2 cm³/mol. The third-order valence-electron chi connectivity index (χ3n) is 3.59. The van der Waals surface area contributed by atoms with E-state index >= 15 is 0 Å². The average molecular weight is 367 g/mol. The first kappa shape index (κ1) is 19.1. The Hall–Kier alpha value is -2.25. The molecule has 0 unspecified atom stereocenters. The molecule has 4 nitrogen and oxygen atoms in total. The highest BCUT2D eigenvalue weighted by molar-refractivity contribution is 7.89. The van der Waals surface area contributed by atoms with E-state index in [1.165, 1.54) is 31.4 Å². The molecule has 2 rings (SSSR count). The molecule has 0 aromatic heterocycles. The molecule has 2 aromatic rings. The van der Waals surface area contributed by atoms with E-state index in [1.54, 1.807) is 0 Å². The first-order chi connectivity index (χ1) is 11.9. The zero-order chi connectivity index (χ0) is 18.3. The lowest BCUT2D eigenvalue weighted by atomic mass is 10.1. The Kier molecular flexibility index (Phi) is 6.66. The number of halogens is 2. The molecule has 0 bridgehead atoms. The summed E-state index contributed by atoms with van der Waals surface area (Å²) in [5, 5.41) is 0. The first-order valence-corrected chi connectivity index (χ1v) is 9.12. The Morgan fingerprint density at radius 2 is 1.76 bits per heavy atom. The Morgan fingerprint density at radius 3 is 2.32 bits per heavy atom. The standard InChI is InChI=1S/C18H19F2NO3S/c1-24-16-9-11-17(12-10-16)25(22,23)21-15(13-18(19)20)8-7-14-5-3-2-4-6-14/h2-6,9-13,15,21H,7-8H2,1H3/t15-/m1/s1. The van der Waals surface area contributed by atoms with Crippen molar-refractivity contribution in [2.45, 2.75) is 23.8 Å². The van der Waals surface area contributed by atoms with Crippen molar-refractivity contribution in [1.29, 1.82) is 0 Å². The molecule has 1 atom stereocenters. The third kappa shape index (κ3) is 5.95. The van der Waals surface area contributed by atoms with E-state index in [9.17, 15) is 17.2 Å². The van der Waals surface area contributed by atoms with Crippen molar-refractivity contribution >= 4 is 10.0 Å². The van der Waals surface area contributed by atoms with Crippen molar-refractivity contribution in [3.05, 3.63) is 72.3 Å². The number of aryl methyl sites for hydroxylation is 1. The van der Waals surface area contributed by atoms with Crippen molar-refractivity contribution in [2.75, 3.05) is 7.11 Å². The lowest BCUT2D eigenvalue weighted by Crippen LogP contribution is -2.34. The molecule has 7 heteroatoms. The first-order valence-electron chi connectivity index (χ1n) is 7.64. The van der Waals surface area contributed by atoms with Crippen LogP contribution in [0.1, 0.15) is 12.0 Å². The quantitative estimate of drug-likeness (QED) is 0.773. The van der Waals surface area contributed by atoms with Gasteiger partial charge in [-0.05, 0) is 48.7 Å². The summed E-state index contributed by atoms with van der Waals surface area (Å²) in [5.74, 6) is 0.509. The van der Waals surface area contributed by atoms with Crippen LogP contribution < -0.4 is 9.46 Å². The van der Waals surface area contributed by atoms with Crippen LogP contribution in [0.5, 0.6) is 5.75 Å². The summed E-state index contributed by atoms with van der Waals surface area (Å²) in [5.41, 5.74) is 0.948. The van der Waals surface area contributed by atoms with Gasteiger partial charge in [0.1, 0.15) is 5.75 Å². The van der Waals surface area contributed by atoms with Gasteiger partial charge in [0.05, 0.1) is 12.0 Å². The maximum absolute atomic E-state index is 12.7. The van der Waals surface area contributed by atoms with Crippen molar-refractivity contribution in [3.63, 3.8) is 0 Å². The summed E-state index contributed by atoms with van der Waals surface area (Å²) in [6.07, 6.45) is -0.600. The van der Waals surface area contributed by atoms with Gasteiger partial charge in [-0.25, -0.2) is 13.1 Å². The van der Waals surface area contributed by atoms with Crippen LogP contribution in [-0.2, 0) is 16.4 Å². The van der Waals surface area contributed by atoms with E-state index < -0.39 is 22.1 Å². The molecule has 0 amide bonds. The van der Waals surface area contributed by atoms with Crippen LogP contribution in [0.2, 0.25) is 0 Å². The van der Waals surface area contributed by atoms with E-state index in [-0.39, 0.29) is 11.3 Å². The number of benzene rings is 2. The fourth-order valence-corrected chi connectivity index (χ4v) is 3.53. The Bertz CT molecular complexity index is 802. The monoisotopic (exact) mass is 367 g/mol. The topological polar surface area (TPSA) is 55.4 Å². The molecule has 0 heterocycles. The number of rotatable bonds is 8. The molecule has 0 radical (unpaired) electrons. The zero-order valence-electron chi connectivity index (χ0n) is 13.7. The lowest BCUT2D eigenvalue weighted by molar-refractivity contribution is 0.411. The number of nitrogens with one attached hydrogen (secondary N) is 1. The van der Waals surface area contributed by atoms with E-state index in [0.717, 1.165) is 5.56 Å². The summed E-state index contributed by atoms with van der Waals surface area (Å²) in [6, 6.07) is 14.0. The largest absolute Gasteiger partial charge is 0.497 e. The van der Waals surface area contributed by atoms with Gasteiger partial charge in [-0.3, -0.25) is 0 Å². The van der Waals surface area contributed by atoms with E-state index in [4.69, 9.17) is 4.74 Å². The van der Waals surface area contributed by atoms with Gasteiger partial charge in [-0.1, -0.05) is 30.3 Å². The molecule has 25 heavy (non-hydrogen) atoms. The van der Waals surface area contributed by atoms with Crippen molar-refractivity contribution in [3.8, 4) is 5.75 Å².